The molecule has 1 aromatic carbocycles. The highest BCUT2D eigenvalue weighted by Gasteiger charge is 2.21. The summed E-state index contributed by atoms with van der Waals surface area (Å²) in [5.41, 5.74) is 7.77. The monoisotopic (exact) mass is 407 g/mol. The Balaban J connectivity index is 2.44. The highest BCUT2D eigenvalue weighted by atomic mass is 79.9. The van der Waals surface area contributed by atoms with Gasteiger partial charge in [0.25, 0.3) is 0 Å². The molecule has 0 aliphatic carbocycles. The Bertz CT molecular complexity index is 765. The van der Waals surface area contributed by atoms with Crippen molar-refractivity contribution in [2.75, 3.05) is 18.9 Å². The molecule has 1 heterocycles. The number of ether oxygens (including phenoxy) is 2. The van der Waals surface area contributed by atoms with Gasteiger partial charge in [-0.05, 0) is 54.4 Å². The van der Waals surface area contributed by atoms with E-state index in [1.165, 1.54) is 0 Å². The number of nitrogen functional groups attached to an aromatic ring is 1. The van der Waals surface area contributed by atoms with Crippen LogP contribution < -0.4 is 10.5 Å². The van der Waals surface area contributed by atoms with E-state index in [2.05, 4.69) is 32.8 Å². The number of aryl methyl sites for hydroxylation is 1. The number of benzene rings is 1. The number of unbranched alkanes of at least 4 members (excludes halogenated alkanes) is 1. The molecule has 0 unspecified atom stereocenters. The van der Waals surface area contributed by atoms with Crippen molar-refractivity contribution >= 4 is 27.8 Å². The highest BCUT2D eigenvalue weighted by Crippen LogP contribution is 2.32. The van der Waals surface area contributed by atoms with E-state index in [0.29, 0.717) is 23.6 Å². The van der Waals surface area contributed by atoms with Crippen LogP contribution in [0.3, 0.4) is 0 Å². The lowest BCUT2D eigenvalue weighted by molar-refractivity contribution is 0.0525. The lowest BCUT2D eigenvalue weighted by Crippen LogP contribution is -2.13. The first-order chi connectivity index (χ1) is 12.0. The van der Waals surface area contributed by atoms with Crippen LogP contribution in [0.4, 0.5) is 5.95 Å². The molecule has 2 aromatic rings. The SMILES string of the molecule is CCCCOc1ccc(-c2nc(N)nc(C)c2C(=O)OCC)cc1Br. The average molecular weight is 408 g/mol. The van der Waals surface area contributed by atoms with Crippen LogP contribution in [0.25, 0.3) is 11.3 Å². The summed E-state index contributed by atoms with van der Waals surface area (Å²) in [5, 5.41) is 0. The zero-order valence-electron chi connectivity index (χ0n) is 14.6. The van der Waals surface area contributed by atoms with Gasteiger partial charge in [0.05, 0.1) is 29.1 Å². The van der Waals surface area contributed by atoms with Gasteiger partial charge in [0.2, 0.25) is 5.95 Å². The zero-order valence-corrected chi connectivity index (χ0v) is 16.2. The minimum atomic E-state index is -0.464. The van der Waals surface area contributed by atoms with Crippen LogP contribution >= 0.6 is 15.9 Å². The maximum absolute atomic E-state index is 12.3. The van der Waals surface area contributed by atoms with Gasteiger partial charge in [-0.2, -0.15) is 0 Å². The van der Waals surface area contributed by atoms with Crippen LogP contribution in [0.2, 0.25) is 0 Å². The second-order valence-corrected chi connectivity index (χ2v) is 6.31. The fraction of sp³-hybridized carbons (Fsp3) is 0.389. The second kappa shape index (κ2) is 8.80. The minimum Gasteiger partial charge on any atom is -0.492 e. The minimum absolute atomic E-state index is 0.111. The maximum atomic E-state index is 12.3. The number of esters is 1. The number of nitrogens with zero attached hydrogens (tertiary/aromatic N) is 2. The van der Waals surface area contributed by atoms with E-state index in [1.807, 2.05) is 18.2 Å². The number of carbonyl (C=O) groups is 1. The van der Waals surface area contributed by atoms with Crippen molar-refractivity contribution in [2.24, 2.45) is 0 Å². The summed E-state index contributed by atoms with van der Waals surface area (Å²) >= 11 is 3.51. The first-order valence-corrected chi connectivity index (χ1v) is 9.01. The number of nitrogens with two attached hydrogens (primary N) is 1. The second-order valence-electron chi connectivity index (χ2n) is 5.46. The van der Waals surface area contributed by atoms with Crippen LogP contribution in [-0.2, 0) is 4.74 Å². The Morgan fingerprint density at radius 3 is 2.68 bits per heavy atom. The van der Waals surface area contributed by atoms with Gasteiger partial charge in [-0.25, -0.2) is 14.8 Å². The zero-order chi connectivity index (χ0) is 18.4. The molecule has 0 atom stereocenters. The van der Waals surface area contributed by atoms with Crippen molar-refractivity contribution in [3.8, 4) is 17.0 Å². The van der Waals surface area contributed by atoms with Crippen LogP contribution in [0.5, 0.6) is 5.75 Å². The molecule has 0 amide bonds. The molecule has 0 spiro atoms. The molecule has 134 valence electrons. The van der Waals surface area contributed by atoms with Gasteiger partial charge in [0, 0.05) is 5.56 Å². The summed E-state index contributed by atoms with van der Waals surface area (Å²) in [6.07, 6.45) is 2.06. The number of rotatable bonds is 7. The first-order valence-electron chi connectivity index (χ1n) is 8.21. The van der Waals surface area contributed by atoms with E-state index in [-0.39, 0.29) is 12.6 Å². The molecule has 0 saturated heterocycles. The van der Waals surface area contributed by atoms with Crippen molar-refractivity contribution < 1.29 is 14.3 Å². The summed E-state index contributed by atoms with van der Waals surface area (Å²) in [6.45, 7) is 6.51. The quantitative estimate of drug-likeness (QED) is 0.547. The Morgan fingerprint density at radius 2 is 2.04 bits per heavy atom. The van der Waals surface area contributed by atoms with E-state index < -0.39 is 5.97 Å². The van der Waals surface area contributed by atoms with Crippen molar-refractivity contribution in [3.05, 3.63) is 33.9 Å². The van der Waals surface area contributed by atoms with Gasteiger partial charge in [0.1, 0.15) is 11.3 Å². The largest absolute Gasteiger partial charge is 0.492 e. The third-order valence-corrected chi connectivity index (χ3v) is 4.17. The van der Waals surface area contributed by atoms with E-state index >= 15 is 0 Å². The molecule has 0 bridgehead atoms. The van der Waals surface area contributed by atoms with E-state index in [4.69, 9.17) is 15.2 Å². The molecule has 2 N–H and O–H groups in total. The topological polar surface area (TPSA) is 87.3 Å². The van der Waals surface area contributed by atoms with Gasteiger partial charge in [0.15, 0.2) is 0 Å². The van der Waals surface area contributed by atoms with Crippen LogP contribution in [0.1, 0.15) is 42.7 Å². The standard InChI is InChI=1S/C18H22BrN3O3/c1-4-6-9-25-14-8-7-12(10-13(14)19)16-15(17(23)24-5-2)11(3)21-18(20)22-16/h7-8,10H,4-6,9H2,1-3H3,(H2,20,21,22). The Labute approximate surface area is 155 Å². The number of anilines is 1. The fourth-order valence-electron chi connectivity index (χ4n) is 2.34. The third kappa shape index (κ3) is 4.69. The number of carbonyl (C=O) groups excluding carboxylic acids is 1. The predicted molar refractivity (Wildman–Crippen MR) is 101 cm³/mol. The Hall–Kier alpha value is -2.15. The molecule has 0 saturated carbocycles. The summed E-state index contributed by atoms with van der Waals surface area (Å²) in [5.74, 6) is 0.392. The fourth-order valence-corrected chi connectivity index (χ4v) is 2.84. The molecule has 2 rings (SSSR count). The number of aromatic nitrogens is 2. The van der Waals surface area contributed by atoms with E-state index in [9.17, 15) is 4.79 Å². The molecular formula is C18H22BrN3O3. The lowest BCUT2D eigenvalue weighted by atomic mass is 10.0. The number of hydrogen-bond acceptors (Lipinski definition) is 6. The Morgan fingerprint density at radius 1 is 1.28 bits per heavy atom. The lowest BCUT2D eigenvalue weighted by Gasteiger charge is -2.13. The smallest absolute Gasteiger partial charge is 0.342 e. The highest BCUT2D eigenvalue weighted by molar-refractivity contribution is 9.10. The molecule has 0 aliphatic rings. The molecule has 0 aliphatic heterocycles. The van der Waals surface area contributed by atoms with Crippen molar-refractivity contribution in [1.29, 1.82) is 0 Å². The summed E-state index contributed by atoms with van der Waals surface area (Å²) < 4.78 is 11.7. The summed E-state index contributed by atoms with van der Waals surface area (Å²) in [4.78, 5) is 20.7. The number of halogens is 1. The van der Waals surface area contributed by atoms with Gasteiger partial charge in [-0.3, -0.25) is 0 Å². The van der Waals surface area contributed by atoms with Crippen molar-refractivity contribution in [1.82, 2.24) is 9.97 Å². The maximum Gasteiger partial charge on any atom is 0.342 e. The summed E-state index contributed by atoms with van der Waals surface area (Å²) in [6, 6.07) is 5.54. The molecule has 6 nitrogen and oxygen atoms in total. The molecule has 1 aromatic heterocycles. The van der Waals surface area contributed by atoms with E-state index in [0.717, 1.165) is 28.6 Å². The van der Waals surface area contributed by atoms with Crippen LogP contribution in [0.15, 0.2) is 22.7 Å². The molecule has 0 fully saturated rings. The number of hydrogen-bond donors (Lipinski definition) is 1. The van der Waals surface area contributed by atoms with Crippen molar-refractivity contribution in [3.63, 3.8) is 0 Å². The van der Waals surface area contributed by atoms with Crippen molar-refractivity contribution in [2.45, 2.75) is 33.6 Å². The van der Waals surface area contributed by atoms with Gasteiger partial charge < -0.3 is 15.2 Å². The average Bonchev–Trinajstić information content (AvgIpc) is 2.55. The van der Waals surface area contributed by atoms with Gasteiger partial charge >= 0.3 is 5.97 Å². The van der Waals surface area contributed by atoms with Crippen LogP contribution in [0, 0.1) is 6.92 Å². The molecule has 0 radical (unpaired) electrons. The molecular weight excluding hydrogens is 386 g/mol. The Kier molecular flexibility index (Phi) is 6.75. The first kappa shape index (κ1) is 19.2. The predicted octanol–water partition coefficient (Wildman–Crippen LogP) is 4.15. The van der Waals surface area contributed by atoms with Gasteiger partial charge in [-0.1, -0.05) is 13.3 Å². The van der Waals surface area contributed by atoms with Gasteiger partial charge in [-0.15, -0.1) is 0 Å². The molecule has 7 heteroatoms. The summed E-state index contributed by atoms with van der Waals surface area (Å²) in [7, 11) is 0. The normalized spacial score (nSPS) is 10.6. The van der Waals surface area contributed by atoms with Crippen LogP contribution in [-0.4, -0.2) is 29.2 Å². The van der Waals surface area contributed by atoms with E-state index in [1.54, 1.807) is 13.8 Å². The molecule has 25 heavy (non-hydrogen) atoms. The third-order valence-electron chi connectivity index (χ3n) is 3.55.